The monoisotopic (exact) mass is 432 g/mol. The Morgan fingerprint density at radius 2 is 1.90 bits per heavy atom. The van der Waals surface area contributed by atoms with E-state index in [0.29, 0.717) is 6.42 Å². The van der Waals surface area contributed by atoms with Crippen LogP contribution in [0.25, 0.3) is 0 Å². The first kappa shape index (κ1) is 26.1. The highest BCUT2D eigenvalue weighted by Crippen LogP contribution is 2.34. The standard InChI is InChI=1S/C24H32O7/c1-4-5-6-7-8-9-16-24(31-19(3)26)17-15-22(27)21(24)12-10-11-20(30-18(2)25)13-14-23(28)29/h8-12,15,17,20H,4-7,13-14,16H2,1-3H3,(H,28,29)/b9-8-,11-10-,21-12-/t20-,24-/m0/s1. The molecule has 0 aromatic carbocycles. The zero-order valence-electron chi connectivity index (χ0n) is 18.5. The number of hydrogen-bond acceptors (Lipinski definition) is 6. The molecule has 2 atom stereocenters. The van der Waals surface area contributed by atoms with Crippen LogP contribution in [0, 0.1) is 0 Å². The number of ketones is 1. The minimum Gasteiger partial charge on any atom is -0.481 e. The maximum atomic E-state index is 12.4. The van der Waals surface area contributed by atoms with Crippen LogP contribution in [0.4, 0.5) is 0 Å². The van der Waals surface area contributed by atoms with Gasteiger partial charge in [0, 0.05) is 32.3 Å². The van der Waals surface area contributed by atoms with Crippen molar-refractivity contribution in [2.75, 3.05) is 0 Å². The van der Waals surface area contributed by atoms with Crippen LogP contribution in [0.2, 0.25) is 0 Å². The van der Waals surface area contributed by atoms with Gasteiger partial charge >= 0.3 is 17.9 Å². The molecule has 0 spiro atoms. The van der Waals surface area contributed by atoms with E-state index >= 15 is 0 Å². The lowest BCUT2D eigenvalue weighted by molar-refractivity contribution is -0.149. The van der Waals surface area contributed by atoms with Gasteiger partial charge in [0.2, 0.25) is 0 Å². The number of rotatable bonds is 13. The smallest absolute Gasteiger partial charge is 0.303 e. The van der Waals surface area contributed by atoms with Gasteiger partial charge in [0.25, 0.3) is 0 Å². The van der Waals surface area contributed by atoms with E-state index < -0.39 is 29.6 Å². The second kappa shape index (κ2) is 13.4. The van der Waals surface area contributed by atoms with Gasteiger partial charge in [-0.2, -0.15) is 0 Å². The Kier molecular flexibility index (Phi) is 11.2. The number of aliphatic carboxylic acids is 1. The lowest BCUT2D eigenvalue weighted by atomic mass is 9.91. The average molecular weight is 433 g/mol. The van der Waals surface area contributed by atoms with Gasteiger partial charge in [-0.15, -0.1) is 0 Å². The number of carboxylic acid groups (broad SMARTS) is 1. The molecule has 1 aliphatic carbocycles. The molecule has 0 aromatic heterocycles. The summed E-state index contributed by atoms with van der Waals surface area (Å²) in [5.41, 5.74) is -0.899. The second-order valence-electron chi connectivity index (χ2n) is 7.40. The van der Waals surface area contributed by atoms with Crippen molar-refractivity contribution in [3.8, 4) is 0 Å². The third kappa shape index (κ3) is 9.59. The summed E-state index contributed by atoms with van der Waals surface area (Å²) in [5.74, 6) is -2.32. The summed E-state index contributed by atoms with van der Waals surface area (Å²) in [6, 6.07) is 0. The highest BCUT2D eigenvalue weighted by Gasteiger charge is 2.41. The minimum absolute atomic E-state index is 0.108. The van der Waals surface area contributed by atoms with Crippen LogP contribution in [0.1, 0.15) is 65.7 Å². The van der Waals surface area contributed by atoms with Crippen LogP contribution in [-0.4, -0.2) is 40.5 Å². The van der Waals surface area contributed by atoms with Crippen molar-refractivity contribution in [3.63, 3.8) is 0 Å². The van der Waals surface area contributed by atoms with Crippen molar-refractivity contribution in [1.29, 1.82) is 0 Å². The fourth-order valence-corrected chi connectivity index (χ4v) is 3.22. The molecule has 0 aliphatic heterocycles. The minimum atomic E-state index is -1.19. The first-order chi connectivity index (χ1) is 14.7. The zero-order valence-corrected chi connectivity index (χ0v) is 18.5. The first-order valence-corrected chi connectivity index (χ1v) is 10.6. The van der Waals surface area contributed by atoms with Gasteiger partial charge in [-0.3, -0.25) is 19.2 Å². The molecule has 0 aromatic rings. The average Bonchev–Trinajstić information content (AvgIpc) is 2.97. The van der Waals surface area contributed by atoms with Gasteiger partial charge < -0.3 is 14.6 Å². The van der Waals surface area contributed by atoms with E-state index in [2.05, 4.69) is 6.92 Å². The fourth-order valence-electron chi connectivity index (χ4n) is 3.22. The van der Waals surface area contributed by atoms with Crippen molar-refractivity contribution in [3.05, 3.63) is 48.1 Å². The number of carbonyl (C=O) groups is 4. The number of hydrogen-bond donors (Lipinski definition) is 1. The zero-order chi connectivity index (χ0) is 23.3. The van der Waals surface area contributed by atoms with E-state index in [4.69, 9.17) is 14.6 Å². The molecule has 0 heterocycles. The Balaban J connectivity index is 3.03. The van der Waals surface area contributed by atoms with E-state index in [9.17, 15) is 19.2 Å². The summed E-state index contributed by atoms with van der Waals surface area (Å²) in [7, 11) is 0. The Hall–Kier alpha value is -2.96. The van der Waals surface area contributed by atoms with Crippen molar-refractivity contribution < 1.29 is 33.8 Å². The molecule has 1 rings (SSSR count). The number of ether oxygens (including phenoxy) is 2. The number of esters is 2. The Morgan fingerprint density at radius 3 is 2.52 bits per heavy atom. The third-order valence-corrected chi connectivity index (χ3v) is 4.66. The number of allylic oxidation sites excluding steroid dienone is 4. The van der Waals surface area contributed by atoms with Crippen LogP contribution >= 0.6 is 0 Å². The van der Waals surface area contributed by atoms with Gasteiger partial charge in [0.1, 0.15) is 6.10 Å². The molecular weight excluding hydrogens is 400 g/mol. The van der Waals surface area contributed by atoms with Crippen molar-refractivity contribution in [2.24, 2.45) is 0 Å². The largest absolute Gasteiger partial charge is 0.481 e. The molecule has 0 amide bonds. The van der Waals surface area contributed by atoms with Gasteiger partial charge in [-0.25, -0.2) is 0 Å². The lowest BCUT2D eigenvalue weighted by Crippen LogP contribution is -2.33. The highest BCUT2D eigenvalue weighted by molar-refractivity contribution is 6.09. The van der Waals surface area contributed by atoms with Crippen molar-refractivity contribution >= 4 is 23.7 Å². The van der Waals surface area contributed by atoms with Gasteiger partial charge in [-0.1, -0.05) is 44.1 Å². The topological polar surface area (TPSA) is 107 Å². The van der Waals surface area contributed by atoms with Crippen LogP contribution in [0.5, 0.6) is 0 Å². The molecule has 7 heteroatoms. The summed E-state index contributed by atoms with van der Waals surface area (Å²) in [4.78, 5) is 46.2. The van der Waals surface area contributed by atoms with E-state index in [1.54, 1.807) is 6.08 Å². The second-order valence-corrected chi connectivity index (χ2v) is 7.40. The van der Waals surface area contributed by atoms with Crippen LogP contribution < -0.4 is 0 Å². The van der Waals surface area contributed by atoms with Crippen LogP contribution in [-0.2, 0) is 28.7 Å². The first-order valence-electron chi connectivity index (χ1n) is 10.6. The summed E-state index contributed by atoms with van der Waals surface area (Å²) < 4.78 is 10.7. The molecule has 31 heavy (non-hydrogen) atoms. The normalized spacial score (nSPS) is 20.6. The maximum absolute atomic E-state index is 12.4. The van der Waals surface area contributed by atoms with Crippen LogP contribution in [0.15, 0.2) is 48.1 Å². The molecule has 1 N–H and O–H groups in total. The summed E-state index contributed by atoms with van der Waals surface area (Å²) in [6.07, 6.45) is 15.2. The Bertz CT molecular complexity index is 773. The molecule has 0 radical (unpaired) electrons. The Morgan fingerprint density at radius 1 is 1.16 bits per heavy atom. The molecule has 0 saturated heterocycles. The van der Waals surface area contributed by atoms with E-state index in [1.165, 1.54) is 38.2 Å². The van der Waals surface area contributed by atoms with E-state index in [0.717, 1.165) is 25.7 Å². The molecule has 0 bridgehead atoms. The SMILES string of the molecule is CCCCC/C=C\C[C@]1(OC(C)=O)C=CC(=O)/C1=C/C=C\[C@@H](CCC(=O)O)OC(C)=O. The van der Waals surface area contributed by atoms with Crippen molar-refractivity contribution in [2.45, 2.75) is 77.4 Å². The van der Waals surface area contributed by atoms with Gasteiger partial charge in [0.15, 0.2) is 11.4 Å². The molecule has 170 valence electrons. The van der Waals surface area contributed by atoms with E-state index in [1.807, 2.05) is 12.2 Å². The quantitative estimate of drug-likeness (QED) is 0.201. The highest BCUT2D eigenvalue weighted by atomic mass is 16.6. The van der Waals surface area contributed by atoms with Gasteiger partial charge in [0.05, 0.1) is 0 Å². The predicted octanol–water partition coefficient (Wildman–Crippen LogP) is 4.23. The van der Waals surface area contributed by atoms with Crippen LogP contribution in [0.3, 0.4) is 0 Å². The third-order valence-electron chi connectivity index (χ3n) is 4.66. The lowest BCUT2D eigenvalue weighted by Gasteiger charge is -2.27. The number of carboxylic acids is 1. The van der Waals surface area contributed by atoms with Gasteiger partial charge in [-0.05, 0) is 37.5 Å². The molecular formula is C24H32O7. The maximum Gasteiger partial charge on any atom is 0.303 e. The van der Waals surface area contributed by atoms with Crippen molar-refractivity contribution in [1.82, 2.24) is 0 Å². The number of unbranched alkanes of at least 4 members (excludes halogenated alkanes) is 3. The molecule has 0 unspecified atom stereocenters. The summed E-state index contributed by atoms with van der Waals surface area (Å²) >= 11 is 0. The molecule has 0 fully saturated rings. The fraction of sp³-hybridized carbons (Fsp3) is 0.500. The Labute approximate surface area is 183 Å². The van der Waals surface area contributed by atoms with E-state index in [-0.39, 0.29) is 24.2 Å². The predicted molar refractivity (Wildman–Crippen MR) is 116 cm³/mol. The summed E-state index contributed by atoms with van der Waals surface area (Å²) in [6.45, 7) is 4.66. The molecule has 0 saturated carbocycles. The molecule has 1 aliphatic rings. The molecule has 7 nitrogen and oxygen atoms in total. The number of carbonyl (C=O) groups excluding carboxylic acids is 3. The summed E-state index contributed by atoms with van der Waals surface area (Å²) in [5, 5.41) is 8.85.